The first-order valence-corrected chi connectivity index (χ1v) is 8.41. The van der Waals surface area contributed by atoms with Crippen LogP contribution in [0.15, 0.2) is 49.1 Å². The molecule has 1 aliphatic rings. The highest BCUT2D eigenvalue weighted by Gasteiger charge is 2.23. The van der Waals surface area contributed by atoms with Crippen molar-refractivity contribution in [1.29, 1.82) is 0 Å². The zero-order valence-corrected chi connectivity index (χ0v) is 13.5. The van der Waals surface area contributed by atoms with Crippen LogP contribution in [0.4, 0.5) is 0 Å². The number of hydrogen-bond acceptors (Lipinski definition) is 3. The van der Waals surface area contributed by atoms with Crippen molar-refractivity contribution in [2.75, 3.05) is 13.1 Å². The van der Waals surface area contributed by atoms with E-state index in [0.717, 1.165) is 48.9 Å². The molecule has 0 bridgehead atoms. The standard InChI is InChI=1S/C19H20N4O/c24-19(16-1-6-20-7-2-16)23-9-4-14(5-10-23)11-15-12-17-3-8-21-18(17)22-13-15/h1-3,6-8,12-14H,4-5,9-11H2,(H,21,22). The SMILES string of the molecule is O=C(c1ccncc1)N1CCC(Cc2cnc3[nH]ccc3c2)CC1. The highest BCUT2D eigenvalue weighted by atomic mass is 16.2. The average Bonchev–Trinajstić information content (AvgIpc) is 3.10. The topological polar surface area (TPSA) is 61.9 Å². The molecule has 0 atom stereocenters. The van der Waals surface area contributed by atoms with Crippen molar-refractivity contribution in [3.05, 3.63) is 60.2 Å². The molecule has 0 unspecified atom stereocenters. The third-order valence-electron chi connectivity index (χ3n) is 4.81. The first kappa shape index (κ1) is 14.9. The molecule has 3 aromatic heterocycles. The number of carbonyl (C=O) groups excluding carboxylic acids is 1. The van der Waals surface area contributed by atoms with Gasteiger partial charge >= 0.3 is 0 Å². The minimum atomic E-state index is 0.117. The van der Waals surface area contributed by atoms with E-state index in [-0.39, 0.29) is 5.91 Å². The molecule has 1 saturated heterocycles. The summed E-state index contributed by atoms with van der Waals surface area (Å²) in [6.07, 6.45) is 10.3. The molecule has 1 aliphatic heterocycles. The Bertz CT molecular complexity index is 835. The van der Waals surface area contributed by atoms with E-state index in [1.807, 2.05) is 17.3 Å². The zero-order valence-electron chi connectivity index (χ0n) is 13.5. The average molecular weight is 320 g/mol. The number of hydrogen-bond donors (Lipinski definition) is 1. The Hall–Kier alpha value is -2.69. The van der Waals surface area contributed by atoms with Crippen LogP contribution in [0.5, 0.6) is 0 Å². The number of amides is 1. The second kappa shape index (κ2) is 6.43. The smallest absolute Gasteiger partial charge is 0.253 e. The van der Waals surface area contributed by atoms with Crippen molar-refractivity contribution in [2.24, 2.45) is 5.92 Å². The van der Waals surface area contributed by atoms with Crippen LogP contribution in [0.3, 0.4) is 0 Å². The van der Waals surface area contributed by atoms with Gasteiger partial charge in [-0.05, 0) is 55.0 Å². The van der Waals surface area contributed by atoms with Crippen LogP contribution in [0.2, 0.25) is 0 Å². The zero-order chi connectivity index (χ0) is 16.4. The van der Waals surface area contributed by atoms with Crippen LogP contribution < -0.4 is 0 Å². The molecule has 1 fully saturated rings. The molecule has 0 aliphatic carbocycles. The summed E-state index contributed by atoms with van der Waals surface area (Å²) in [5, 5.41) is 1.16. The summed E-state index contributed by atoms with van der Waals surface area (Å²) < 4.78 is 0. The minimum Gasteiger partial charge on any atom is -0.346 e. The van der Waals surface area contributed by atoms with Gasteiger partial charge in [0.25, 0.3) is 5.91 Å². The summed E-state index contributed by atoms with van der Waals surface area (Å²) in [6, 6.07) is 7.84. The fraction of sp³-hybridized carbons (Fsp3) is 0.316. The van der Waals surface area contributed by atoms with Crippen molar-refractivity contribution >= 4 is 16.9 Å². The van der Waals surface area contributed by atoms with E-state index >= 15 is 0 Å². The second-order valence-electron chi connectivity index (χ2n) is 6.43. The Labute approximate surface area is 140 Å². The molecular formula is C19H20N4O. The van der Waals surface area contributed by atoms with Crippen LogP contribution >= 0.6 is 0 Å². The lowest BCUT2D eigenvalue weighted by Crippen LogP contribution is -2.38. The van der Waals surface area contributed by atoms with E-state index in [1.165, 1.54) is 5.56 Å². The van der Waals surface area contributed by atoms with Crippen molar-refractivity contribution in [1.82, 2.24) is 19.9 Å². The molecule has 5 heteroatoms. The molecule has 5 nitrogen and oxygen atoms in total. The molecule has 1 amide bonds. The van der Waals surface area contributed by atoms with Crippen molar-refractivity contribution in [2.45, 2.75) is 19.3 Å². The molecule has 0 radical (unpaired) electrons. The summed E-state index contributed by atoms with van der Waals surface area (Å²) >= 11 is 0. The van der Waals surface area contributed by atoms with Crippen molar-refractivity contribution in [3.63, 3.8) is 0 Å². The van der Waals surface area contributed by atoms with Crippen molar-refractivity contribution < 1.29 is 4.79 Å². The van der Waals surface area contributed by atoms with Gasteiger partial charge in [0.15, 0.2) is 0 Å². The van der Waals surface area contributed by atoms with Gasteiger partial charge in [0, 0.05) is 48.8 Å². The Morgan fingerprint density at radius 1 is 1.21 bits per heavy atom. The maximum absolute atomic E-state index is 12.5. The summed E-state index contributed by atoms with van der Waals surface area (Å²) in [6.45, 7) is 1.65. The summed E-state index contributed by atoms with van der Waals surface area (Å²) in [5.74, 6) is 0.732. The Kier molecular flexibility index (Phi) is 3.99. The van der Waals surface area contributed by atoms with Crippen LogP contribution in [-0.4, -0.2) is 38.8 Å². The fourth-order valence-electron chi connectivity index (χ4n) is 3.45. The highest BCUT2D eigenvalue weighted by Crippen LogP contribution is 2.23. The van der Waals surface area contributed by atoms with Crippen LogP contribution in [-0.2, 0) is 6.42 Å². The van der Waals surface area contributed by atoms with Gasteiger partial charge in [-0.3, -0.25) is 9.78 Å². The number of piperidine rings is 1. The molecule has 4 heterocycles. The number of likely N-dealkylation sites (tertiary alicyclic amines) is 1. The van der Waals surface area contributed by atoms with Gasteiger partial charge in [-0.1, -0.05) is 0 Å². The van der Waals surface area contributed by atoms with Gasteiger partial charge in [0.05, 0.1) is 0 Å². The molecule has 0 saturated carbocycles. The van der Waals surface area contributed by atoms with E-state index in [2.05, 4.69) is 27.1 Å². The molecular weight excluding hydrogens is 300 g/mol. The van der Waals surface area contributed by atoms with E-state index < -0.39 is 0 Å². The van der Waals surface area contributed by atoms with Gasteiger partial charge < -0.3 is 9.88 Å². The number of carbonyl (C=O) groups is 1. The molecule has 0 spiro atoms. The Morgan fingerprint density at radius 3 is 2.79 bits per heavy atom. The second-order valence-corrected chi connectivity index (χ2v) is 6.43. The number of aromatic amines is 1. The number of nitrogens with zero attached hydrogens (tertiary/aromatic N) is 3. The van der Waals surface area contributed by atoms with E-state index in [1.54, 1.807) is 24.5 Å². The summed E-state index contributed by atoms with van der Waals surface area (Å²) in [7, 11) is 0. The summed E-state index contributed by atoms with van der Waals surface area (Å²) in [4.78, 5) is 26.0. The molecule has 3 aromatic rings. The third kappa shape index (κ3) is 3.02. The van der Waals surface area contributed by atoms with Crippen LogP contribution in [0.1, 0.15) is 28.8 Å². The largest absolute Gasteiger partial charge is 0.346 e. The number of H-pyrrole nitrogens is 1. The lowest BCUT2D eigenvalue weighted by molar-refractivity contribution is 0.0690. The van der Waals surface area contributed by atoms with Crippen LogP contribution in [0.25, 0.3) is 11.0 Å². The fourth-order valence-corrected chi connectivity index (χ4v) is 3.45. The highest BCUT2D eigenvalue weighted by molar-refractivity contribution is 5.94. The van der Waals surface area contributed by atoms with Gasteiger partial charge in [-0.2, -0.15) is 0 Å². The minimum absolute atomic E-state index is 0.117. The van der Waals surface area contributed by atoms with Gasteiger partial charge in [0.1, 0.15) is 5.65 Å². The normalized spacial score (nSPS) is 15.8. The van der Waals surface area contributed by atoms with E-state index in [9.17, 15) is 4.79 Å². The predicted octanol–water partition coefficient (Wildman–Crippen LogP) is 3.05. The van der Waals surface area contributed by atoms with Gasteiger partial charge in [0.2, 0.25) is 0 Å². The van der Waals surface area contributed by atoms with Crippen LogP contribution in [0, 0.1) is 5.92 Å². The number of aromatic nitrogens is 3. The van der Waals surface area contributed by atoms with Gasteiger partial charge in [-0.25, -0.2) is 4.98 Å². The predicted molar refractivity (Wildman–Crippen MR) is 92.7 cm³/mol. The monoisotopic (exact) mass is 320 g/mol. The lowest BCUT2D eigenvalue weighted by atomic mass is 9.90. The Morgan fingerprint density at radius 2 is 2.00 bits per heavy atom. The number of rotatable bonds is 3. The molecule has 122 valence electrons. The first-order chi connectivity index (χ1) is 11.8. The molecule has 1 N–H and O–H groups in total. The number of pyridine rings is 2. The maximum atomic E-state index is 12.5. The molecule has 0 aromatic carbocycles. The van der Waals surface area contributed by atoms with Gasteiger partial charge in [-0.15, -0.1) is 0 Å². The molecule has 4 rings (SSSR count). The maximum Gasteiger partial charge on any atom is 0.253 e. The van der Waals surface area contributed by atoms with E-state index in [4.69, 9.17) is 0 Å². The Balaban J connectivity index is 1.36. The quantitative estimate of drug-likeness (QED) is 0.807. The third-order valence-corrected chi connectivity index (χ3v) is 4.81. The number of fused-ring (bicyclic) bond motifs is 1. The lowest BCUT2D eigenvalue weighted by Gasteiger charge is -2.32. The molecule has 24 heavy (non-hydrogen) atoms. The van der Waals surface area contributed by atoms with Crippen molar-refractivity contribution in [3.8, 4) is 0 Å². The van der Waals surface area contributed by atoms with E-state index in [0.29, 0.717) is 5.92 Å². The number of nitrogens with one attached hydrogen (secondary N) is 1. The first-order valence-electron chi connectivity index (χ1n) is 8.41. The summed E-state index contributed by atoms with van der Waals surface area (Å²) in [5.41, 5.74) is 2.95.